The van der Waals surface area contributed by atoms with Crippen molar-refractivity contribution in [1.29, 1.82) is 0 Å². The van der Waals surface area contributed by atoms with E-state index >= 15 is 0 Å². The predicted molar refractivity (Wildman–Crippen MR) is 83.7 cm³/mol. The molecule has 0 aromatic heterocycles. The Hall–Kier alpha value is -0.720. The molecular weight excluding hydrogens is 218 g/mol. The highest BCUT2D eigenvalue weighted by Crippen LogP contribution is 2.24. The Morgan fingerprint density at radius 3 is 2.22 bits per heavy atom. The summed E-state index contributed by atoms with van der Waals surface area (Å²) < 4.78 is 0. The zero-order chi connectivity index (χ0) is 14.0. The smallest absolute Gasteiger partial charge is 0.0180 e. The van der Waals surface area contributed by atoms with Gasteiger partial charge in [-0.2, -0.15) is 0 Å². The summed E-state index contributed by atoms with van der Waals surface area (Å²) in [4.78, 5) is 0. The molecule has 0 heterocycles. The van der Waals surface area contributed by atoms with E-state index in [1.165, 1.54) is 37.0 Å². The van der Waals surface area contributed by atoms with Crippen LogP contribution in [0.4, 0.5) is 0 Å². The fourth-order valence-electron chi connectivity index (χ4n) is 2.11. The minimum absolute atomic E-state index is 0.355. The van der Waals surface area contributed by atoms with Gasteiger partial charge in [0.15, 0.2) is 0 Å². The van der Waals surface area contributed by atoms with E-state index in [0.717, 1.165) is 25.8 Å². The first-order valence-corrected chi connectivity index (χ1v) is 7.43. The molecule has 0 spiro atoms. The summed E-state index contributed by atoms with van der Waals surface area (Å²) in [7, 11) is 0. The Morgan fingerprint density at radius 1 is 1.00 bits per heavy atom. The molecule has 0 aliphatic rings. The number of hydrogen-bond acceptors (Lipinski definition) is 1. The Labute approximate surface area is 115 Å². The summed E-state index contributed by atoms with van der Waals surface area (Å²) in [6.07, 6.45) is 8.52. The van der Waals surface area contributed by atoms with Gasteiger partial charge in [0.25, 0.3) is 0 Å². The SMILES string of the molecule is C=C(CCNC(=C)CCCCCC)CC(C)(C)C. The van der Waals surface area contributed by atoms with Crippen LogP contribution in [0.5, 0.6) is 0 Å². The number of hydrogen-bond donors (Lipinski definition) is 1. The quantitative estimate of drug-likeness (QED) is 0.402. The molecule has 0 bridgehead atoms. The molecule has 1 nitrogen and oxygen atoms in total. The Balaban J connectivity index is 3.53. The molecule has 0 aromatic carbocycles. The summed E-state index contributed by atoms with van der Waals surface area (Å²) >= 11 is 0. The molecule has 0 saturated heterocycles. The van der Waals surface area contributed by atoms with Crippen molar-refractivity contribution in [3.63, 3.8) is 0 Å². The Bertz CT molecular complexity index is 245. The van der Waals surface area contributed by atoms with E-state index in [1.54, 1.807) is 0 Å². The van der Waals surface area contributed by atoms with Gasteiger partial charge in [-0.05, 0) is 31.1 Å². The molecule has 0 rings (SSSR count). The fraction of sp³-hybridized carbons (Fsp3) is 0.765. The van der Waals surface area contributed by atoms with Gasteiger partial charge in [0.05, 0.1) is 0 Å². The molecule has 0 amide bonds. The molecule has 0 aliphatic heterocycles. The van der Waals surface area contributed by atoms with E-state index in [-0.39, 0.29) is 0 Å². The molecule has 0 aliphatic carbocycles. The molecule has 0 aromatic rings. The van der Waals surface area contributed by atoms with Gasteiger partial charge in [-0.15, -0.1) is 0 Å². The average molecular weight is 251 g/mol. The monoisotopic (exact) mass is 251 g/mol. The van der Waals surface area contributed by atoms with Crippen LogP contribution < -0.4 is 5.32 Å². The Morgan fingerprint density at radius 2 is 1.67 bits per heavy atom. The van der Waals surface area contributed by atoms with Crippen LogP contribution in [-0.2, 0) is 0 Å². The zero-order valence-corrected chi connectivity index (χ0v) is 13.1. The third-order valence-electron chi connectivity index (χ3n) is 2.97. The average Bonchev–Trinajstić information content (AvgIpc) is 2.22. The second kappa shape index (κ2) is 9.24. The van der Waals surface area contributed by atoms with Crippen LogP contribution in [0.3, 0.4) is 0 Å². The molecular formula is C17H33N. The highest BCUT2D eigenvalue weighted by Gasteiger charge is 2.11. The van der Waals surface area contributed by atoms with Crippen molar-refractivity contribution in [2.24, 2.45) is 5.41 Å². The number of unbranched alkanes of at least 4 members (excludes halogenated alkanes) is 3. The normalized spacial score (nSPS) is 11.3. The zero-order valence-electron chi connectivity index (χ0n) is 13.1. The molecule has 0 fully saturated rings. The molecule has 1 heteroatoms. The number of nitrogens with one attached hydrogen (secondary N) is 1. The summed E-state index contributed by atoms with van der Waals surface area (Å²) in [6.45, 7) is 18.3. The standard InChI is InChI=1S/C17H33N/c1-7-8-9-10-11-16(3)18-13-12-15(2)14-17(4,5)6/h18H,2-3,7-14H2,1,4-6H3. The first-order valence-electron chi connectivity index (χ1n) is 7.43. The van der Waals surface area contributed by atoms with Crippen LogP contribution in [0.25, 0.3) is 0 Å². The molecule has 0 atom stereocenters. The minimum Gasteiger partial charge on any atom is -0.388 e. The molecule has 0 radical (unpaired) electrons. The maximum absolute atomic E-state index is 4.15. The maximum Gasteiger partial charge on any atom is 0.0180 e. The van der Waals surface area contributed by atoms with Crippen molar-refractivity contribution in [3.05, 3.63) is 24.4 Å². The summed E-state index contributed by atoms with van der Waals surface area (Å²) in [5, 5.41) is 3.42. The molecule has 0 saturated carbocycles. The van der Waals surface area contributed by atoms with Gasteiger partial charge in [0, 0.05) is 12.2 Å². The lowest BCUT2D eigenvalue weighted by Gasteiger charge is -2.20. The highest BCUT2D eigenvalue weighted by atomic mass is 14.9. The maximum atomic E-state index is 4.15. The van der Waals surface area contributed by atoms with Crippen LogP contribution in [0.2, 0.25) is 0 Å². The number of allylic oxidation sites excluding steroid dienone is 1. The largest absolute Gasteiger partial charge is 0.388 e. The first kappa shape index (κ1) is 17.3. The molecule has 0 unspecified atom stereocenters. The predicted octanol–water partition coefficient (Wildman–Crippen LogP) is 5.44. The second-order valence-corrected chi connectivity index (χ2v) is 6.58. The van der Waals surface area contributed by atoms with E-state index in [9.17, 15) is 0 Å². The van der Waals surface area contributed by atoms with E-state index in [4.69, 9.17) is 0 Å². The van der Waals surface area contributed by atoms with Crippen LogP contribution in [0.15, 0.2) is 24.4 Å². The fourth-order valence-corrected chi connectivity index (χ4v) is 2.11. The van der Waals surface area contributed by atoms with E-state index < -0.39 is 0 Å². The van der Waals surface area contributed by atoms with Gasteiger partial charge in [-0.1, -0.05) is 65.7 Å². The lowest BCUT2D eigenvalue weighted by Crippen LogP contribution is -2.15. The lowest BCUT2D eigenvalue weighted by molar-refractivity contribution is 0.404. The number of rotatable bonds is 10. The third-order valence-corrected chi connectivity index (χ3v) is 2.97. The Kier molecular flexibility index (Phi) is 8.87. The van der Waals surface area contributed by atoms with Crippen molar-refractivity contribution < 1.29 is 0 Å². The molecule has 18 heavy (non-hydrogen) atoms. The van der Waals surface area contributed by atoms with Crippen LogP contribution in [0.1, 0.15) is 72.6 Å². The summed E-state index contributed by atoms with van der Waals surface area (Å²) in [5.74, 6) is 0. The van der Waals surface area contributed by atoms with Crippen molar-refractivity contribution in [2.45, 2.75) is 72.6 Å². The highest BCUT2D eigenvalue weighted by molar-refractivity contribution is 5.00. The third kappa shape index (κ3) is 11.8. The van der Waals surface area contributed by atoms with Gasteiger partial charge in [-0.25, -0.2) is 0 Å². The van der Waals surface area contributed by atoms with Crippen molar-refractivity contribution in [2.75, 3.05) is 6.54 Å². The van der Waals surface area contributed by atoms with Gasteiger partial charge in [-0.3, -0.25) is 0 Å². The summed E-state index contributed by atoms with van der Waals surface area (Å²) in [5.41, 5.74) is 2.89. The van der Waals surface area contributed by atoms with Gasteiger partial charge < -0.3 is 5.32 Å². The van der Waals surface area contributed by atoms with E-state index in [1.807, 2.05) is 0 Å². The van der Waals surface area contributed by atoms with E-state index in [0.29, 0.717) is 5.41 Å². The molecule has 106 valence electrons. The minimum atomic E-state index is 0.355. The van der Waals surface area contributed by atoms with Crippen LogP contribution in [-0.4, -0.2) is 6.54 Å². The van der Waals surface area contributed by atoms with Crippen molar-refractivity contribution in [3.8, 4) is 0 Å². The van der Waals surface area contributed by atoms with Crippen LogP contribution >= 0.6 is 0 Å². The summed E-state index contributed by atoms with van der Waals surface area (Å²) in [6, 6.07) is 0. The molecule has 1 N–H and O–H groups in total. The lowest BCUT2D eigenvalue weighted by atomic mass is 9.87. The van der Waals surface area contributed by atoms with Gasteiger partial charge in [0.1, 0.15) is 0 Å². The van der Waals surface area contributed by atoms with Gasteiger partial charge >= 0.3 is 0 Å². The first-order chi connectivity index (χ1) is 8.35. The van der Waals surface area contributed by atoms with E-state index in [2.05, 4.69) is 46.2 Å². The van der Waals surface area contributed by atoms with Crippen LogP contribution in [0, 0.1) is 5.41 Å². The van der Waals surface area contributed by atoms with Gasteiger partial charge in [0.2, 0.25) is 0 Å². The van der Waals surface area contributed by atoms with Crippen molar-refractivity contribution in [1.82, 2.24) is 5.32 Å². The topological polar surface area (TPSA) is 12.0 Å². The van der Waals surface area contributed by atoms with Crippen molar-refractivity contribution >= 4 is 0 Å². The second-order valence-electron chi connectivity index (χ2n) is 6.58.